The summed E-state index contributed by atoms with van der Waals surface area (Å²) in [5, 5.41) is 4.42. The quantitative estimate of drug-likeness (QED) is 0.719. The van der Waals surface area contributed by atoms with Crippen molar-refractivity contribution in [2.45, 2.75) is 26.9 Å². The molecule has 1 saturated heterocycles. The maximum Gasteiger partial charge on any atom is 0.215 e. The standard InChI is InChI=1S/C19H24N6O/c1-14(2)26-18-6-4-5-16(22-18)23-9-11-24(12-10-23)19-13-15(3)21-17-7-8-20-25(17)19/h4-8,13-14H,9-12H2,1-3H3. The number of pyridine rings is 1. The maximum atomic E-state index is 5.72. The molecule has 7 nitrogen and oxygen atoms in total. The molecule has 0 radical (unpaired) electrons. The molecule has 1 fully saturated rings. The number of nitrogens with zero attached hydrogens (tertiary/aromatic N) is 6. The van der Waals surface area contributed by atoms with Gasteiger partial charge in [-0.05, 0) is 26.8 Å². The molecule has 0 aromatic carbocycles. The molecule has 0 bridgehead atoms. The molecule has 0 unspecified atom stereocenters. The number of hydrogen-bond acceptors (Lipinski definition) is 6. The van der Waals surface area contributed by atoms with Crippen LogP contribution in [0.4, 0.5) is 11.6 Å². The molecule has 0 saturated carbocycles. The summed E-state index contributed by atoms with van der Waals surface area (Å²) in [6.45, 7) is 9.69. The van der Waals surface area contributed by atoms with Crippen LogP contribution < -0.4 is 14.5 Å². The normalized spacial score (nSPS) is 15.1. The molecule has 4 heterocycles. The van der Waals surface area contributed by atoms with Crippen LogP contribution in [-0.4, -0.2) is 51.9 Å². The summed E-state index contributed by atoms with van der Waals surface area (Å²) in [6.07, 6.45) is 1.92. The lowest BCUT2D eigenvalue weighted by Crippen LogP contribution is -2.47. The Hall–Kier alpha value is -2.83. The van der Waals surface area contributed by atoms with Crippen molar-refractivity contribution in [2.24, 2.45) is 0 Å². The van der Waals surface area contributed by atoms with Crippen LogP contribution in [0.15, 0.2) is 36.5 Å². The van der Waals surface area contributed by atoms with Gasteiger partial charge >= 0.3 is 0 Å². The fraction of sp³-hybridized carbons (Fsp3) is 0.421. The second kappa shape index (κ2) is 6.82. The fourth-order valence-corrected chi connectivity index (χ4v) is 3.30. The Morgan fingerprint density at radius 3 is 2.54 bits per heavy atom. The Morgan fingerprint density at radius 2 is 1.77 bits per heavy atom. The van der Waals surface area contributed by atoms with Gasteiger partial charge in [0.1, 0.15) is 11.6 Å². The van der Waals surface area contributed by atoms with Gasteiger partial charge in [0.15, 0.2) is 5.65 Å². The molecule has 0 aliphatic carbocycles. The largest absolute Gasteiger partial charge is 0.475 e. The minimum absolute atomic E-state index is 0.126. The van der Waals surface area contributed by atoms with E-state index in [0.29, 0.717) is 5.88 Å². The smallest absolute Gasteiger partial charge is 0.215 e. The Morgan fingerprint density at radius 1 is 1.00 bits per heavy atom. The lowest BCUT2D eigenvalue weighted by atomic mass is 10.3. The second-order valence-corrected chi connectivity index (χ2v) is 6.83. The molecular formula is C19H24N6O. The predicted octanol–water partition coefficient (Wildman–Crippen LogP) is 2.55. The summed E-state index contributed by atoms with van der Waals surface area (Å²) >= 11 is 0. The third-order valence-corrected chi connectivity index (χ3v) is 4.46. The zero-order valence-electron chi connectivity index (χ0n) is 15.5. The predicted molar refractivity (Wildman–Crippen MR) is 102 cm³/mol. The third-order valence-electron chi connectivity index (χ3n) is 4.46. The molecule has 0 spiro atoms. The molecule has 136 valence electrons. The van der Waals surface area contributed by atoms with Crippen LogP contribution in [0.3, 0.4) is 0 Å². The van der Waals surface area contributed by atoms with Crippen LogP contribution in [0.25, 0.3) is 5.65 Å². The van der Waals surface area contributed by atoms with Crippen molar-refractivity contribution in [2.75, 3.05) is 36.0 Å². The van der Waals surface area contributed by atoms with Gasteiger partial charge in [-0.3, -0.25) is 0 Å². The van der Waals surface area contributed by atoms with E-state index in [1.54, 1.807) is 6.20 Å². The fourth-order valence-electron chi connectivity index (χ4n) is 3.30. The van der Waals surface area contributed by atoms with Gasteiger partial charge in [0.05, 0.1) is 12.3 Å². The van der Waals surface area contributed by atoms with Crippen molar-refractivity contribution in [1.29, 1.82) is 0 Å². The molecule has 7 heteroatoms. The highest BCUT2D eigenvalue weighted by molar-refractivity contribution is 5.52. The van der Waals surface area contributed by atoms with Crippen LogP contribution in [0.5, 0.6) is 5.88 Å². The lowest BCUT2D eigenvalue weighted by molar-refractivity contribution is 0.233. The van der Waals surface area contributed by atoms with Gasteiger partial charge < -0.3 is 14.5 Å². The third kappa shape index (κ3) is 3.29. The minimum Gasteiger partial charge on any atom is -0.475 e. The van der Waals surface area contributed by atoms with Crippen LogP contribution in [-0.2, 0) is 0 Å². The van der Waals surface area contributed by atoms with E-state index in [2.05, 4.69) is 30.9 Å². The molecule has 1 aliphatic rings. The zero-order valence-corrected chi connectivity index (χ0v) is 15.5. The lowest BCUT2D eigenvalue weighted by Gasteiger charge is -2.36. The molecule has 1 aliphatic heterocycles. The SMILES string of the molecule is Cc1cc(N2CCN(c3cccc(OC(C)C)n3)CC2)n2nccc2n1. The number of ether oxygens (including phenoxy) is 1. The van der Waals surface area contributed by atoms with Gasteiger partial charge in [0, 0.05) is 50.1 Å². The van der Waals surface area contributed by atoms with Gasteiger partial charge in [-0.15, -0.1) is 0 Å². The topological polar surface area (TPSA) is 58.8 Å². The highest BCUT2D eigenvalue weighted by Gasteiger charge is 2.21. The van der Waals surface area contributed by atoms with E-state index in [-0.39, 0.29) is 6.10 Å². The average molecular weight is 352 g/mol. The van der Waals surface area contributed by atoms with E-state index >= 15 is 0 Å². The van der Waals surface area contributed by atoms with Crippen molar-refractivity contribution in [3.63, 3.8) is 0 Å². The Bertz CT molecular complexity index is 898. The number of anilines is 2. The Balaban J connectivity index is 1.50. The van der Waals surface area contributed by atoms with Gasteiger partial charge in [0.25, 0.3) is 0 Å². The van der Waals surface area contributed by atoms with Crippen molar-refractivity contribution in [1.82, 2.24) is 19.6 Å². The number of fused-ring (bicyclic) bond motifs is 1. The highest BCUT2D eigenvalue weighted by Crippen LogP contribution is 2.22. The molecule has 26 heavy (non-hydrogen) atoms. The number of aryl methyl sites for hydroxylation is 1. The zero-order chi connectivity index (χ0) is 18.1. The molecule has 0 amide bonds. The van der Waals surface area contributed by atoms with E-state index in [0.717, 1.165) is 49.2 Å². The molecule has 0 N–H and O–H groups in total. The van der Waals surface area contributed by atoms with Gasteiger partial charge in [-0.2, -0.15) is 14.6 Å². The summed E-state index contributed by atoms with van der Waals surface area (Å²) in [6, 6.07) is 10.0. The first-order valence-electron chi connectivity index (χ1n) is 9.05. The summed E-state index contributed by atoms with van der Waals surface area (Å²) in [4.78, 5) is 13.8. The molecule has 3 aromatic rings. The van der Waals surface area contributed by atoms with Crippen molar-refractivity contribution in [3.8, 4) is 5.88 Å². The van der Waals surface area contributed by atoms with E-state index in [9.17, 15) is 0 Å². The molecule has 0 atom stereocenters. The monoisotopic (exact) mass is 352 g/mol. The first kappa shape index (κ1) is 16.6. The number of rotatable bonds is 4. The number of aromatic nitrogens is 4. The molecule has 3 aromatic heterocycles. The second-order valence-electron chi connectivity index (χ2n) is 6.83. The van der Waals surface area contributed by atoms with E-state index < -0.39 is 0 Å². The first-order valence-corrected chi connectivity index (χ1v) is 9.05. The maximum absolute atomic E-state index is 5.72. The highest BCUT2D eigenvalue weighted by atomic mass is 16.5. The Labute approximate surface area is 153 Å². The van der Waals surface area contributed by atoms with Gasteiger partial charge in [-0.1, -0.05) is 6.07 Å². The van der Waals surface area contributed by atoms with Crippen molar-refractivity contribution in [3.05, 3.63) is 42.2 Å². The van der Waals surface area contributed by atoms with Crippen molar-refractivity contribution < 1.29 is 4.74 Å². The van der Waals surface area contributed by atoms with E-state index in [4.69, 9.17) is 4.74 Å². The van der Waals surface area contributed by atoms with Gasteiger partial charge in [-0.25, -0.2) is 4.98 Å². The minimum atomic E-state index is 0.126. The molecular weight excluding hydrogens is 328 g/mol. The molecule has 4 rings (SSSR count). The number of hydrogen-bond donors (Lipinski definition) is 0. The van der Waals surface area contributed by atoms with Crippen molar-refractivity contribution >= 4 is 17.3 Å². The summed E-state index contributed by atoms with van der Waals surface area (Å²) in [5.74, 6) is 2.75. The van der Waals surface area contributed by atoms with Crippen LogP contribution in [0.2, 0.25) is 0 Å². The van der Waals surface area contributed by atoms with E-state index in [1.165, 1.54) is 0 Å². The first-order chi connectivity index (χ1) is 12.6. The summed E-state index contributed by atoms with van der Waals surface area (Å²) in [7, 11) is 0. The van der Waals surface area contributed by atoms with Crippen LogP contribution >= 0.6 is 0 Å². The van der Waals surface area contributed by atoms with Crippen LogP contribution in [0.1, 0.15) is 19.5 Å². The summed E-state index contributed by atoms with van der Waals surface area (Å²) in [5.41, 5.74) is 1.90. The van der Waals surface area contributed by atoms with E-state index in [1.807, 2.05) is 49.6 Å². The van der Waals surface area contributed by atoms with Gasteiger partial charge in [0.2, 0.25) is 5.88 Å². The Kier molecular flexibility index (Phi) is 4.36. The number of piperazine rings is 1. The average Bonchev–Trinajstić information content (AvgIpc) is 3.09. The van der Waals surface area contributed by atoms with Crippen LogP contribution in [0, 0.1) is 6.92 Å². The summed E-state index contributed by atoms with van der Waals surface area (Å²) < 4.78 is 7.64.